The summed E-state index contributed by atoms with van der Waals surface area (Å²) in [5, 5.41) is 10.6. The highest BCUT2D eigenvalue weighted by Crippen LogP contribution is 2.25. The monoisotopic (exact) mass is 432 g/mol. The van der Waals surface area contributed by atoms with E-state index in [1.807, 2.05) is 27.7 Å². The van der Waals surface area contributed by atoms with Gasteiger partial charge in [0.2, 0.25) is 0 Å². The van der Waals surface area contributed by atoms with Gasteiger partial charge >= 0.3 is 0 Å². The standard InChI is InChI=1S/2C14H10.2C2H6.CH4/c2*1-3-7-13-11(5-1)9-10-12-6-2-4-8-14(12)13;2*1-2;/h2*1-10H;2*1-2H3;1H4. The first-order valence-electron chi connectivity index (χ1n) is 11.6. The summed E-state index contributed by atoms with van der Waals surface area (Å²) in [6.07, 6.45) is 0. The molecule has 0 saturated carbocycles. The van der Waals surface area contributed by atoms with Crippen LogP contribution in [0.25, 0.3) is 43.1 Å². The molecule has 6 aromatic rings. The van der Waals surface area contributed by atoms with E-state index in [1.54, 1.807) is 0 Å². The second-order valence-corrected chi connectivity index (χ2v) is 7.02. The average molecular weight is 433 g/mol. The summed E-state index contributed by atoms with van der Waals surface area (Å²) < 4.78 is 0. The van der Waals surface area contributed by atoms with E-state index in [1.165, 1.54) is 43.1 Å². The van der Waals surface area contributed by atoms with Gasteiger partial charge in [-0.2, -0.15) is 0 Å². The molecule has 33 heavy (non-hydrogen) atoms. The Labute approximate surface area is 199 Å². The van der Waals surface area contributed by atoms with Crippen LogP contribution in [-0.2, 0) is 0 Å². The quantitative estimate of drug-likeness (QED) is 0.209. The van der Waals surface area contributed by atoms with Crippen molar-refractivity contribution in [1.29, 1.82) is 0 Å². The predicted octanol–water partition coefficient (Wildman–Crippen LogP) is 10.7. The molecule has 0 spiro atoms. The lowest BCUT2D eigenvalue weighted by Crippen LogP contribution is -1.75. The van der Waals surface area contributed by atoms with Crippen LogP contribution in [0.2, 0.25) is 0 Å². The van der Waals surface area contributed by atoms with Crippen molar-refractivity contribution in [2.45, 2.75) is 35.1 Å². The van der Waals surface area contributed by atoms with Crippen LogP contribution < -0.4 is 0 Å². The van der Waals surface area contributed by atoms with Gasteiger partial charge in [-0.15, -0.1) is 0 Å². The Hall–Kier alpha value is -3.64. The molecular formula is C33H36. The molecule has 168 valence electrons. The topological polar surface area (TPSA) is 0 Å². The van der Waals surface area contributed by atoms with Crippen LogP contribution in [0, 0.1) is 0 Å². The minimum absolute atomic E-state index is 0. The third-order valence-electron chi connectivity index (χ3n) is 5.31. The third kappa shape index (κ3) is 5.79. The number of benzene rings is 6. The van der Waals surface area contributed by atoms with Gasteiger partial charge in [-0.05, 0) is 43.1 Å². The highest BCUT2D eigenvalue weighted by Gasteiger charge is 1.98. The second-order valence-electron chi connectivity index (χ2n) is 7.02. The Morgan fingerprint density at radius 2 is 0.455 bits per heavy atom. The van der Waals surface area contributed by atoms with E-state index < -0.39 is 0 Å². The van der Waals surface area contributed by atoms with Crippen LogP contribution in [0.15, 0.2) is 121 Å². The Bertz CT molecular complexity index is 1190. The molecular weight excluding hydrogens is 396 g/mol. The molecule has 0 fully saturated rings. The van der Waals surface area contributed by atoms with E-state index in [0.717, 1.165) is 0 Å². The maximum absolute atomic E-state index is 2.18. The molecule has 0 radical (unpaired) electrons. The van der Waals surface area contributed by atoms with Gasteiger partial charge in [-0.3, -0.25) is 0 Å². The fourth-order valence-electron chi connectivity index (χ4n) is 3.91. The lowest BCUT2D eigenvalue weighted by Gasteiger charge is -2.02. The Balaban J connectivity index is 0.000000198. The Kier molecular flexibility index (Phi) is 10.1. The van der Waals surface area contributed by atoms with E-state index >= 15 is 0 Å². The van der Waals surface area contributed by atoms with E-state index in [9.17, 15) is 0 Å². The minimum Gasteiger partial charge on any atom is -0.0776 e. The molecule has 0 N–H and O–H groups in total. The van der Waals surface area contributed by atoms with E-state index in [-0.39, 0.29) is 7.43 Å². The summed E-state index contributed by atoms with van der Waals surface area (Å²) >= 11 is 0. The van der Waals surface area contributed by atoms with E-state index in [0.29, 0.717) is 0 Å². The summed E-state index contributed by atoms with van der Waals surface area (Å²) in [6, 6.07) is 42.7. The van der Waals surface area contributed by atoms with Crippen molar-refractivity contribution in [2.24, 2.45) is 0 Å². The predicted molar refractivity (Wildman–Crippen MR) is 152 cm³/mol. The van der Waals surface area contributed by atoms with E-state index in [2.05, 4.69) is 121 Å². The van der Waals surface area contributed by atoms with Crippen LogP contribution >= 0.6 is 0 Å². The van der Waals surface area contributed by atoms with Crippen molar-refractivity contribution >= 4 is 43.1 Å². The normalized spacial score (nSPS) is 9.58. The number of hydrogen-bond acceptors (Lipinski definition) is 0. The highest BCUT2D eigenvalue weighted by atomic mass is 14.0. The van der Waals surface area contributed by atoms with Gasteiger partial charge < -0.3 is 0 Å². The van der Waals surface area contributed by atoms with Gasteiger partial charge in [0, 0.05) is 0 Å². The summed E-state index contributed by atoms with van der Waals surface area (Å²) in [6.45, 7) is 8.00. The zero-order valence-corrected chi connectivity index (χ0v) is 19.5. The third-order valence-corrected chi connectivity index (χ3v) is 5.31. The summed E-state index contributed by atoms with van der Waals surface area (Å²) in [4.78, 5) is 0. The maximum Gasteiger partial charge on any atom is -0.0105 e. The molecule has 0 atom stereocenters. The van der Waals surface area contributed by atoms with E-state index in [4.69, 9.17) is 0 Å². The highest BCUT2D eigenvalue weighted by molar-refractivity contribution is 6.08. The van der Waals surface area contributed by atoms with Crippen molar-refractivity contribution in [3.63, 3.8) is 0 Å². The molecule has 6 aromatic carbocycles. The van der Waals surface area contributed by atoms with Crippen LogP contribution in [0.3, 0.4) is 0 Å². The molecule has 0 aromatic heterocycles. The SMILES string of the molecule is C.CC.CC.c1ccc2c(c1)ccc1ccccc12.c1ccc2c(c1)ccc1ccccc12. The van der Waals surface area contributed by atoms with Crippen molar-refractivity contribution in [3.8, 4) is 0 Å². The molecule has 0 saturated heterocycles. The lowest BCUT2D eigenvalue weighted by atomic mass is 10.0. The fourth-order valence-corrected chi connectivity index (χ4v) is 3.91. The summed E-state index contributed by atoms with van der Waals surface area (Å²) in [5.41, 5.74) is 0. The Morgan fingerprint density at radius 3 is 0.667 bits per heavy atom. The molecule has 0 aliphatic rings. The molecule has 0 amide bonds. The molecule has 0 aliphatic carbocycles. The largest absolute Gasteiger partial charge is 0.0776 e. The molecule has 0 aliphatic heterocycles. The van der Waals surface area contributed by atoms with Crippen LogP contribution in [0.1, 0.15) is 35.1 Å². The Morgan fingerprint density at radius 1 is 0.273 bits per heavy atom. The molecule has 0 nitrogen and oxygen atoms in total. The average Bonchev–Trinajstić information content (AvgIpc) is 2.91. The zero-order valence-electron chi connectivity index (χ0n) is 19.5. The number of hydrogen-bond donors (Lipinski definition) is 0. The number of fused-ring (bicyclic) bond motifs is 6. The first kappa shape index (κ1) is 25.6. The molecule has 0 bridgehead atoms. The van der Waals surface area contributed by atoms with Gasteiger partial charge in [0.05, 0.1) is 0 Å². The zero-order chi connectivity index (χ0) is 22.8. The van der Waals surface area contributed by atoms with Crippen molar-refractivity contribution < 1.29 is 0 Å². The van der Waals surface area contributed by atoms with Gasteiger partial charge in [0.25, 0.3) is 0 Å². The van der Waals surface area contributed by atoms with Crippen molar-refractivity contribution in [2.75, 3.05) is 0 Å². The second kappa shape index (κ2) is 13.0. The van der Waals surface area contributed by atoms with Crippen LogP contribution in [0.4, 0.5) is 0 Å². The van der Waals surface area contributed by atoms with Crippen LogP contribution in [-0.4, -0.2) is 0 Å². The van der Waals surface area contributed by atoms with Gasteiger partial charge in [0.15, 0.2) is 0 Å². The smallest absolute Gasteiger partial charge is 0.0105 e. The summed E-state index contributed by atoms with van der Waals surface area (Å²) in [7, 11) is 0. The molecule has 0 heteroatoms. The summed E-state index contributed by atoms with van der Waals surface area (Å²) in [5.74, 6) is 0. The molecule has 0 heterocycles. The van der Waals surface area contributed by atoms with Crippen LogP contribution in [0.5, 0.6) is 0 Å². The first-order valence-corrected chi connectivity index (χ1v) is 11.6. The van der Waals surface area contributed by atoms with Crippen molar-refractivity contribution in [3.05, 3.63) is 121 Å². The van der Waals surface area contributed by atoms with Crippen molar-refractivity contribution in [1.82, 2.24) is 0 Å². The first-order chi connectivity index (χ1) is 15.9. The fraction of sp³-hybridized carbons (Fsp3) is 0.152. The minimum atomic E-state index is 0. The van der Waals surface area contributed by atoms with Gasteiger partial charge in [-0.25, -0.2) is 0 Å². The van der Waals surface area contributed by atoms with Gasteiger partial charge in [0.1, 0.15) is 0 Å². The molecule has 0 unspecified atom stereocenters. The molecule has 6 rings (SSSR count). The number of rotatable bonds is 0. The lowest BCUT2D eigenvalue weighted by molar-refractivity contribution is 1.50. The maximum atomic E-state index is 2.18. The van der Waals surface area contributed by atoms with Gasteiger partial charge in [-0.1, -0.05) is 156 Å².